The first-order valence-corrected chi connectivity index (χ1v) is 5.76. The lowest BCUT2D eigenvalue weighted by Gasteiger charge is -2.15. The van der Waals surface area contributed by atoms with Crippen LogP contribution in [0, 0.1) is 0 Å². The Morgan fingerprint density at radius 1 is 1.00 bits per heavy atom. The normalized spacial score (nSPS) is 12.4. The van der Waals surface area contributed by atoms with E-state index in [0.717, 1.165) is 0 Å². The molecule has 2 aromatic rings. The molecule has 0 amide bonds. The van der Waals surface area contributed by atoms with Gasteiger partial charge in [0.2, 0.25) is 0 Å². The van der Waals surface area contributed by atoms with Crippen LogP contribution >= 0.6 is 12.4 Å². The van der Waals surface area contributed by atoms with Gasteiger partial charge in [-0.15, -0.1) is 25.6 Å². The second-order valence-corrected chi connectivity index (χ2v) is 4.15. The number of para-hydroxylation sites is 1. The van der Waals surface area contributed by atoms with E-state index in [1.54, 1.807) is 18.2 Å². The summed E-state index contributed by atoms with van der Waals surface area (Å²) in [5, 5.41) is 9.70. The van der Waals surface area contributed by atoms with Gasteiger partial charge in [-0.05, 0) is 23.8 Å². The molecule has 0 aliphatic heterocycles. The second kappa shape index (κ2) is 6.69. The van der Waals surface area contributed by atoms with E-state index in [-0.39, 0.29) is 23.9 Å². The van der Waals surface area contributed by atoms with Gasteiger partial charge in [-0.1, -0.05) is 30.3 Å². The highest BCUT2D eigenvalue weighted by atomic mass is 35.5. The zero-order valence-electron chi connectivity index (χ0n) is 10.7. The number of hydrogen-bond donors (Lipinski definition) is 2. The van der Waals surface area contributed by atoms with E-state index >= 15 is 0 Å². The fourth-order valence-corrected chi connectivity index (χ4v) is 1.81. The maximum Gasteiger partial charge on any atom is 0.573 e. The molecule has 0 radical (unpaired) electrons. The molecule has 2 rings (SSSR count). The number of hydrogen-bond acceptors (Lipinski definition) is 3. The molecule has 1 atom stereocenters. The number of rotatable bonds is 3. The molecular formula is C14H13ClF3NO2. The van der Waals surface area contributed by atoms with Crippen LogP contribution in [0.3, 0.4) is 0 Å². The van der Waals surface area contributed by atoms with Crippen LogP contribution in [0.5, 0.6) is 11.5 Å². The van der Waals surface area contributed by atoms with E-state index in [2.05, 4.69) is 4.74 Å². The lowest BCUT2D eigenvalue weighted by Crippen LogP contribution is -2.17. The SMILES string of the molecule is Cl.N[C@@H](c1ccc(OC(F)(F)F)cc1)c1ccccc1O. The topological polar surface area (TPSA) is 55.5 Å². The minimum absolute atomic E-state index is 0. The number of halogens is 4. The fourth-order valence-electron chi connectivity index (χ4n) is 1.81. The molecule has 7 heteroatoms. The molecule has 0 aromatic heterocycles. The summed E-state index contributed by atoms with van der Waals surface area (Å²) in [4.78, 5) is 0. The molecule has 0 fully saturated rings. The number of phenolic OH excluding ortho intramolecular Hbond substituents is 1. The van der Waals surface area contributed by atoms with Crippen molar-refractivity contribution in [2.24, 2.45) is 5.73 Å². The van der Waals surface area contributed by atoms with Crippen LogP contribution in [0.4, 0.5) is 13.2 Å². The van der Waals surface area contributed by atoms with E-state index in [4.69, 9.17) is 5.73 Å². The minimum Gasteiger partial charge on any atom is -0.508 e. The Hall–Kier alpha value is -1.92. The molecule has 114 valence electrons. The molecule has 0 heterocycles. The quantitative estimate of drug-likeness (QED) is 0.905. The molecule has 2 aromatic carbocycles. The summed E-state index contributed by atoms with van der Waals surface area (Å²) < 4.78 is 39.9. The standard InChI is InChI=1S/C14H12F3NO2.ClH/c15-14(16,17)20-10-7-5-9(6-8-10)13(18)11-3-1-2-4-12(11)19;/h1-8,13,19H,18H2;1H/t13-;/m0./s1. The summed E-state index contributed by atoms with van der Waals surface area (Å²) in [5.74, 6) is -0.277. The average molecular weight is 320 g/mol. The number of phenols is 1. The smallest absolute Gasteiger partial charge is 0.508 e. The van der Waals surface area contributed by atoms with Crippen molar-refractivity contribution in [1.29, 1.82) is 0 Å². The highest BCUT2D eigenvalue weighted by Gasteiger charge is 2.31. The Morgan fingerprint density at radius 3 is 2.10 bits per heavy atom. The monoisotopic (exact) mass is 319 g/mol. The van der Waals surface area contributed by atoms with Crippen LogP contribution < -0.4 is 10.5 Å². The van der Waals surface area contributed by atoms with Gasteiger partial charge in [0, 0.05) is 5.56 Å². The molecule has 3 N–H and O–H groups in total. The zero-order chi connectivity index (χ0) is 14.8. The molecule has 0 aliphatic carbocycles. The average Bonchev–Trinajstić information content (AvgIpc) is 2.37. The van der Waals surface area contributed by atoms with Gasteiger partial charge in [0.1, 0.15) is 11.5 Å². The third-order valence-electron chi connectivity index (χ3n) is 2.74. The van der Waals surface area contributed by atoms with E-state index in [0.29, 0.717) is 11.1 Å². The van der Waals surface area contributed by atoms with E-state index in [1.807, 2.05) is 0 Å². The Morgan fingerprint density at radius 2 is 1.57 bits per heavy atom. The summed E-state index contributed by atoms with van der Waals surface area (Å²) in [6.45, 7) is 0. The number of aromatic hydroxyl groups is 1. The van der Waals surface area contributed by atoms with Crippen molar-refractivity contribution >= 4 is 12.4 Å². The highest BCUT2D eigenvalue weighted by molar-refractivity contribution is 5.85. The van der Waals surface area contributed by atoms with Crippen LogP contribution in [-0.4, -0.2) is 11.5 Å². The van der Waals surface area contributed by atoms with Crippen LogP contribution in [0.2, 0.25) is 0 Å². The predicted octanol–water partition coefficient (Wildman–Crippen LogP) is 3.76. The molecule has 0 spiro atoms. The van der Waals surface area contributed by atoms with E-state index < -0.39 is 12.4 Å². The fraction of sp³-hybridized carbons (Fsp3) is 0.143. The highest BCUT2D eigenvalue weighted by Crippen LogP contribution is 2.29. The van der Waals surface area contributed by atoms with E-state index in [9.17, 15) is 18.3 Å². The van der Waals surface area contributed by atoms with Gasteiger partial charge < -0.3 is 15.6 Å². The largest absolute Gasteiger partial charge is 0.573 e. The number of ether oxygens (including phenoxy) is 1. The molecule has 0 saturated heterocycles. The van der Waals surface area contributed by atoms with E-state index in [1.165, 1.54) is 30.3 Å². The first kappa shape index (κ1) is 17.1. The summed E-state index contributed by atoms with van der Waals surface area (Å²) in [6, 6.07) is 11.1. The maximum atomic E-state index is 12.0. The first-order chi connectivity index (χ1) is 9.37. The summed E-state index contributed by atoms with van der Waals surface area (Å²) in [5.41, 5.74) is 7.04. The number of benzene rings is 2. The first-order valence-electron chi connectivity index (χ1n) is 5.76. The molecule has 3 nitrogen and oxygen atoms in total. The number of nitrogens with two attached hydrogens (primary N) is 1. The lowest BCUT2D eigenvalue weighted by atomic mass is 9.99. The van der Waals surface area contributed by atoms with Gasteiger partial charge in [-0.25, -0.2) is 0 Å². The van der Waals surface area contributed by atoms with Crippen molar-refractivity contribution in [2.45, 2.75) is 12.4 Å². The Balaban J connectivity index is 0.00000220. The van der Waals surface area contributed by atoms with Gasteiger partial charge in [0.05, 0.1) is 6.04 Å². The minimum atomic E-state index is -4.72. The third-order valence-corrected chi connectivity index (χ3v) is 2.74. The molecule has 21 heavy (non-hydrogen) atoms. The van der Waals surface area contributed by atoms with Crippen molar-refractivity contribution in [3.63, 3.8) is 0 Å². The Labute approximate surface area is 125 Å². The van der Waals surface area contributed by atoms with Crippen LogP contribution in [-0.2, 0) is 0 Å². The van der Waals surface area contributed by atoms with Crippen LogP contribution in [0.15, 0.2) is 48.5 Å². The third kappa shape index (κ3) is 4.54. The lowest BCUT2D eigenvalue weighted by molar-refractivity contribution is -0.274. The van der Waals surface area contributed by atoms with Gasteiger partial charge in [0.25, 0.3) is 0 Å². The van der Waals surface area contributed by atoms with Crippen molar-refractivity contribution in [2.75, 3.05) is 0 Å². The van der Waals surface area contributed by atoms with Crippen LogP contribution in [0.25, 0.3) is 0 Å². The molecular weight excluding hydrogens is 307 g/mol. The van der Waals surface area contributed by atoms with Crippen molar-refractivity contribution in [3.05, 3.63) is 59.7 Å². The molecule has 0 aliphatic rings. The van der Waals surface area contributed by atoms with Gasteiger partial charge in [-0.2, -0.15) is 0 Å². The Kier molecular flexibility index (Phi) is 5.46. The molecule has 0 saturated carbocycles. The second-order valence-electron chi connectivity index (χ2n) is 4.15. The Bertz CT molecular complexity index is 588. The van der Waals surface area contributed by atoms with Crippen molar-refractivity contribution < 1.29 is 23.0 Å². The van der Waals surface area contributed by atoms with Gasteiger partial charge in [-0.3, -0.25) is 0 Å². The summed E-state index contributed by atoms with van der Waals surface area (Å²) in [7, 11) is 0. The predicted molar refractivity (Wildman–Crippen MR) is 74.5 cm³/mol. The van der Waals surface area contributed by atoms with Crippen LogP contribution in [0.1, 0.15) is 17.2 Å². The molecule has 0 unspecified atom stereocenters. The molecule has 0 bridgehead atoms. The summed E-state index contributed by atoms with van der Waals surface area (Å²) in [6.07, 6.45) is -4.72. The zero-order valence-corrected chi connectivity index (χ0v) is 11.5. The van der Waals surface area contributed by atoms with Gasteiger partial charge in [0.15, 0.2) is 0 Å². The van der Waals surface area contributed by atoms with Crippen molar-refractivity contribution in [3.8, 4) is 11.5 Å². The van der Waals surface area contributed by atoms with Gasteiger partial charge >= 0.3 is 6.36 Å². The summed E-state index contributed by atoms with van der Waals surface area (Å²) >= 11 is 0. The maximum absolute atomic E-state index is 12.0. The number of alkyl halides is 3. The van der Waals surface area contributed by atoms with Crippen molar-refractivity contribution in [1.82, 2.24) is 0 Å².